The Labute approximate surface area is 456 Å². The quantitative estimate of drug-likeness (QED) is 0.0439. The number of unbranched alkanes of at least 4 members (excludes halogenated alkanes) is 20. The molecular formula is C65H86N4S4. The molecule has 7 aromatic rings. The average molecular weight is 1050 g/mol. The predicted molar refractivity (Wildman–Crippen MR) is 321 cm³/mol. The average Bonchev–Trinajstić information content (AvgIpc) is 4.27. The summed E-state index contributed by atoms with van der Waals surface area (Å²) in [6.45, 7) is 18.9. The zero-order valence-corrected chi connectivity index (χ0v) is 49.5. The van der Waals surface area contributed by atoms with Gasteiger partial charge in [0.1, 0.15) is 22.1 Å². The topological polar surface area (TPSA) is 51.6 Å². The first kappa shape index (κ1) is 53.1. The number of hydrogen-bond donors (Lipinski definition) is 0. The Kier molecular flexibility index (Phi) is 16.8. The first-order valence-electron chi connectivity index (χ1n) is 29.6. The van der Waals surface area contributed by atoms with E-state index >= 15 is 0 Å². The maximum absolute atomic E-state index is 5.44. The number of thiophene rings is 2. The van der Waals surface area contributed by atoms with Crippen molar-refractivity contribution in [2.75, 3.05) is 0 Å². The van der Waals surface area contributed by atoms with E-state index in [1.807, 2.05) is 22.7 Å². The molecule has 390 valence electrons. The number of hydrogen-bond acceptors (Lipinski definition) is 8. The highest BCUT2D eigenvalue weighted by molar-refractivity contribution is 7.24. The lowest BCUT2D eigenvalue weighted by atomic mass is 9.68. The van der Waals surface area contributed by atoms with E-state index in [0.29, 0.717) is 0 Å². The maximum Gasteiger partial charge on any atom is 0.114 e. The first-order chi connectivity index (χ1) is 35.6. The standard InChI is InChI=1S/C65H86N4S4/c1-9-13-17-21-25-29-33-64(34-30-26-22-18-14-10-2)48-40-46-49(39-45(48)55-50(64)37-43(5)57-59(55)68-72-66-57)65(35-31-27-23-19-15-11-3,36-32-28-24-20-16-12-4)51-41-47(58-60(56(46)51)69-73-67-58)54-42-53-62(71-54)61-52(63(53,7)8)38-44(6)70-61/h37-42H,9-36H2,1-8H3. The van der Waals surface area contributed by atoms with Crippen LogP contribution in [0.2, 0.25) is 0 Å². The summed E-state index contributed by atoms with van der Waals surface area (Å²) in [6.07, 6.45) is 36.2. The van der Waals surface area contributed by atoms with Crippen molar-refractivity contribution in [3.63, 3.8) is 0 Å². The maximum atomic E-state index is 5.44. The third kappa shape index (κ3) is 9.79. The van der Waals surface area contributed by atoms with Gasteiger partial charge in [0.05, 0.1) is 23.5 Å². The largest absolute Gasteiger partial charge is 0.173 e. The zero-order chi connectivity index (χ0) is 50.7. The van der Waals surface area contributed by atoms with E-state index in [0.717, 1.165) is 22.1 Å². The van der Waals surface area contributed by atoms with Crippen LogP contribution in [-0.2, 0) is 16.2 Å². The predicted octanol–water partition coefficient (Wildman–Crippen LogP) is 21.9. The Balaban J connectivity index is 1.19. The molecule has 4 nitrogen and oxygen atoms in total. The molecule has 0 aliphatic heterocycles. The van der Waals surface area contributed by atoms with Crippen LogP contribution in [0.5, 0.6) is 0 Å². The summed E-state index contributed by atoms with van der Waals surface area (Å²) in [6, 6.07) is 15.9. The smallest absolute Gasteiger partial charge is 0.114 e. The lowest BCUT2D eigenvalue weighted by Crippen LogP contribution is -2.27. The molecule has 3 aromatic carbocycles. The van der Waals surface area contributed by atoms with Gasteiger partial charge >= 0.3 is 0 Å². The summed E-state index contributed by atoms with van der Waals surface area (Å²) >= 11 is 6.84. The molecule has 0 radical (unpaired) electrons. The molecule has 0 amide bonds. The van der Waals surface area contributed by atoms with Gasteiger partial charge < -0.3 is 0 Å². The molecule has 4 aromatic heterocycles. The lowest BCUT2D eigenvalue weighted by molar-refractivity contribution is 0.394. The Hall–Kier alpha value is -3.30. The van der Waals surface area contributed by atoms with Crippen molar-refractivity contribution in [1.29, 1.82) is 0 Å². The highest BCUT2D eigenvalue weighted by Crippen LogP contribution is 2.64. The van der Waals surface area contributed by atoms with Crippen molar-refractivity contribution < 1.29 is 0 Å². The molecule has 4 heterocycles. The van der Waals surface area contributed by atoms with Crippen LogP contribution in [-0.4, -0.2) is 17.5 Å². The highest BCUT2D eigenvalue weighted by Gasteiger charge is 2.50. The van der Waals surface area contributed by atoms with E-state index in [2.05, 4.69) is 91.8 Å². The van der Waals surface area contributed by atoms with E-state index in [4.69, 9.17) is 17.5 Å². The van der Waals surface area contributed by atoms with Gasteiger partial charge in [-0.25, -0.2) is 0 Å². The molecule has 0 saturated carbocycles. The molecule has 3 aliphatic rings. The first-order valence-corrected chi connectivity index (χ1v) is 32.7. The minimum Gasteiger partial charge on any atom is -0.173 e. The van der Waals surface area contributed by atoms with Crippen LogP contribution >= 0.6 is 46.1 Å². The molecule has 0 saturated heterocycles. The van der Waals surface area contributed by atoms with Gasteiger partial charge in [0.2, 0.25) is 0 Å². The van der Waals surface area contributed by atoms with Gasteiger partial charge in [-0.3, -0.25) is 0 Å². The summed E-state index contributed by atoms with van der Waals surface area (Å²) in [4.78, 5) is 5.73. The Bertz CT molecular complexity index is 2980. The number of rotatable bonds is 29. The van der Waals surface area contributed by atoms with Crippen LogP contribution in [0.4, 0.5) is 0 Å². The Morgan fingerprint density at radius 3 is 1.25 bits per heavy atom. The fourth-order valence-corrected chi connectivity index (χ4v) is 18.1. The summed E-state index contributed by atoms with van der Waals surface area (Å²) in [5, 5.41) is 0. The van der Waals surface area contributed by atoms with Gasteiger partial charge in [-0.1, -0.05) is 202 Å². The second-order valence-electron chi connectivity index (χ2n) is 23.6. The van der Waals surface area contributed by atoms with Crippen molar-refractivity contribution in [3.8, 4) is 42.4 Å². The Morgan fingerprint density at radius 2 is 0.753 bits per heavy atom. The summed E-state index contributed by atoms with van der Waals surface area (Å²) in [7, 11) is 0. The van der Waals surface area contributed by atoms with Crippen molar-refractivity contribution in [3.05, 3.63) is 80.2 Å². The van der Waals surface area contributed by atoms with E-state index in [-0.39, 0.29) is 16.2 Å². The monoisotopic (exact) mass is 1050 g/mol. The second kappa shape index (κ2) is 23.1. The van der Waals surface area contributed by atoms with Crippen LogP contribution in [0.25, 0.3) is 64.5 Å². The molecule has 0 bridgehead atoms. The number of nitrogens with zero attached hydrogens (tertiary/aromatic N) is 4. The minimum atomic E-state index is -0.118. The molecule has 0 atom stereocenters. The number of aryl methyl sites for hydroxylation is 2. The van der Waals surface area contributed by atoms with Crippen molar-refractivity contribution >= 4 is 68.2 Å². The van der Waals surface area contributed by atoms with Gasteiger partial charge in [-0.05, 0) is 120 Å². The van der Waals surface area contributed by atoms with Gasteiger partial charge in [-0.2, -0.15) is 17.5 Å². The minimum absolute atomic E-state index is 0.0129. The molecule has 3 aliphatic carbocycles. The second-order valence-corrected chi connectivity index (χ2v) is 27.0. The van der Waals surface area contributed by atoms with Gasteiger partial charge in [0.15, 0.2) is 0 Å². The van der Waals surface area contributed by atoms with Crippen molar-refractivity contribution in [2.45, 2.75) is 251 Å². The fourth-order valence-electron chi connectivity index (χ4n) is 14.2. The van der Waals surface area contributed by atoms with Gasteiger partial charge in [0.25, 0.3) is 0 Å². The summed E-state index contributed by atoms with van der Waals surface area (Å²) < 4.78 is 21.0. The molecule has 0 fully saturated rings. The third-order valence-electron chi connectivity index (χ3n) is 18.3. The molecule has 0 unspecified atom stereocenters. The highest BCUT2D eigenvalue weighted by atomic mass is 32.1. The normalized spacial score (nSPS) is 15.3. The fraction of sp³-hybridized carbons (Fsp3) is 0.600. The third-order valence-corrected chi connectivity index (χ3v) is 21.7. The molecule has 73 heavy (non-hydrogen) atoms. The number of fused-ring (bicyclic) bond motifs is 13. The molecule has 8 heteroatoms. The van der Waals surface area contributed by atoms with Crippen molar-refractivity contribution in [1.82, 2.24) is 17.5 Å². The van der Waals surface area contributed by atoms with Crippen LogP contribution < -0.4 is 0 Å². The zero-order valence-electron chi connectivity index (χ0n) is 46.2. The Morgan fingerprint density at radius 1 is 0.370 bits per heavy atom. The summed E-state index contributed by atoms with van der Waals surface area (Å²) in [5.41, 5.74) is 21.9. The number of aromatic nitrogens is 4. The van der Waals surface area contributed by atoms with Crippen LogP contribution in [0, 0.1) is 13.8 Å². The van der Waals surface area contributed by atoms with E-state index < -0.39 is 0 Å². The molecular weight excluding hydrogens is 965 g/mol. The van der Waals surface area contributed by atoms with Gasteiger partial charge in [0, 0.05) is 52.4 Å². The molecule has 10 rings (SSSR count). The molecule has 0 N–H and O–H groups in total. The van der Waals surface area contributed by atoms with Crippen LogP contribution in [0.3, 0.4) is 0 Å². The summed E-state index contributed by atoms with van der Waals surface area (Å²) in [5.74, 6) is 0. The lowest BCUT2D eigenvalue weighted by Gasteiger charge is -2.35. The van der Waals surface area contributed by atoms with E-state index in [1.165, 1.54) is 267 Å². The molecule has 0 spiro atoms. The van der Waals surface area contributed by atoms with Crippen LogP contribution in [0.1, 0.15) is 265 Å². The van der Waals surface area contributed by atoms with Crippen LogP contribution in [0.15, 0.2) is 36.4 Å². The SMILES string of the molecule is CCCCCCCCC1(CCCCCCCC)c2cc3c(cc2-c2c1cc(C)c1nsnc21)C(CCCCCCCC)(CCCCCCCC)c1cc(-c2cc4c(s2)-c2sc(C)cc2C4(C)C)c2nsnc2c1-3. The number of benzene rings is 3. The van der Waals surface area contributed by atoms with E-state index in [9.17, 15) is 0 Å². The van der Waals surface area contributed by atoms with Gasteiger partial charge in [-0.15, -0.1) is 22.7 Å². The van der Waals surface area contributed by atoms with E-state index in [1.54, 1.807) is 22.3 Å². The van der Waals surface area contributed by atoms with Crippen molar-refractivity contribution in [2.24, 2.45) is 0 Å².